The van der Waals surface area contributed by atoms with Gasteiger partial charge in [0.2, 0.25) is 0 Å². The molecule has 1 heterocycles. The Labute approximate surface area is 136 Å². The minimum Gasteiger partial charge on any atom is -0.461 e. The van der Waals surface area contributed by atoms with Crippen LogP contribution in [-0.4, -0.2) is 35.6 Å². The van der Waals surface area contributed by atoms with Crippen LogP contribution in [0.1, 0.15) is 40.5 Å². The molecule has 0 aromatic rings. The zero-order valence-electron chi connectivity index (χ0n) is 13.5. The second kappa shape index (κ2) is 8.22. The first-order valence-corrected chi connectivity index (χ1v) is 7.99. The van der Waals surface area contributed by atoms with E-state index in [2.05, 4.69) is 5.32 Å². The van der Waals surface area contributed by atoms with Crippen molar-refractivity contribution in [3.63, 3.8) is 0 Å². The van der Waals surface area contributed by atoms with Crippen LogP contribution in [0.2, 0.25) is 0 Å². The topological polar surface area (TPSA) is 64.6 Å². The quantitative estimate of drug-likeness (QED) is 0.574. The third-order valence-corrected chi connectivity index (χ3v) is 3.29. The molecule has 0 radical (unpaired) electrons. The van der Waals surface area contributed by atoms with E-state index < -0.39 is 11.5 Å². The van der Waals surface area contributed by atoms with Crippen LogP contribution in [0.3, 0.4) is 0 Å². The van der Waals surface area contributed by atoms with Gasteiger partial charge in [-0.1, -0.05) is 0 Å². The van der Waals surface area contributed by atoms with Gasteiger partial charge in [0.25, 0.3) is 0 Å². The molecule has 0 spiro atoms. The fourth-order valence-corrected chi connectivity index (χ4v) is 2.13. The van der Waals surface area contributed by atoms with Crippen LogP contribution in [-0.2, 0) is 19.1 Å². The molecule has 0 aliphatic carbocycles. The standard InChI is InChI=1S/C16H24ClNO4/c1-11(2)21-14(19)13-6-8-16(18-10-13,7-5-9-17)15(20)22-12(3)4/h6,8,10-12,18H,5,7,9H2,1-4H3/t16-/m0/s1. The molecule has 1 rings (SSSR count). The highest BCUT2D eigenvalue weighted by Crippen LogP contribution is 2.23. The molecular formula is C16H24ClNO4. The fraction of sp³-hybridized carbons (Fsp3) is 0.625. The molecule has 1 aliphatic heterocycles. The lowest BCUT2D eigenvalue weighted by molar-refractivity contribution is -0.153. The molecule has 0 aromatic heterocycles. The number of dihydropyridines is 1. The number of rotatable bonds is 7. The van der Waals surface area contributed by atoms with Crippen molar-refractivity contribution in [3.8, 4) is 0 Å². The summed E-state index contributed by atoms with van der Waals surface area (Å²) in [6.45, 7) is 7.15. The summed E-state index contributed by atoms with van der Waals surface area (Å²) in [6.07, 6.45) is 5.47. The Morgan fingerprint density at radius 1 is 1.23 bits per heavy atom. The van der Waals surface area contributed by atoms with E-state index >= 15 is 0 Å². The van der Waals surface area contributed by atoms with Crippen molar-refractivity contribution >= 4 is 23.5 Å². The first-order valence-electron chi connectivity index (χ1n) is 7.46. The van der Waals surface area contributed by atoms with Gasteiger partial charge in [-0.15, -0.1) is 11.6 Å². The highest BCUT2D eigenvalue weighted by Gasteiger charge is 2.38. The normalized spacial score (nSPS) is 20.6. The second-order valence-corrected chi connectivity index (χ2v) is 6.13. The van der Waals surface area contributed by atoms with Crippen LogP contribution >= 0.6 is 11.6 Å². The largest absolute Gasteiger partial charge is 0.461 e. The second-order valence-electron chi connectivity index (χ2n) is 5.75. The Morgan fingerprint density at radius 3 is 2.32 bits per heavy atom. The summed E-state index contributed by atoms with van der Waals surface area (Å²) in [5, 5.41) is 2.99. The first kappa shape index (κ1) is 18.6. The molecule has 0 saturated heterocycles. The van der Waals surface area contributed by atoms with Crippen molar-refractivity contribution in [1.29, 1.82) is 0 Å². The Bertz CT molecular complexity index is 471. The summed E-state index contributed by atoms with van der Waals surface area (Å²) in [5.74, 6) is -0.364. The number of hydrogen-bond donors (Lipinski definition) is 1. The van der Waals surface area contributed by atoms with E-state index in [1.807, 2.05) is 0 Å². The van der Waals surface area contributed by atoms with Crippen LogP contribution in [0.25, 0.3) is 0 Å². The SMILES string of the molecule is CC(C)OC(=O)C1=CN[C@](CCCCl)(C(=O)OC(C)C)C=C1. The third kappa shape index (κ3) is 5.05. The number of alkyl halides is 1. The predicted octanol–water partition coefficient (Wildman–Crippen LogP) is 2.69. The van der Waals surface area contributed by atoms with Gasteiger partial charge in [-0.05, 0) is 52.7 Å². The molecule has 0 unspecified atom stereocenters. The lowest BCUT2D eigenvalue weighted by Gasteiger charge is -2.32. The average molecular weight is 330 g/mol. The van der Waals surface area contributed by atoms with Crippen LogP contribution in [0.5, 0.6) is 0 Å². The summed E-state index contributed by atoms with van der Waals surface area (Å²) in [7, 11) is 0. The van der Waals surface area contributed by atoms with Crippen molar-refractivity contribution in [1.82, 2.24) is 5.32 Å². The molecule has 22 heavy (non-hydrogen) atoms. The molecule has 1 N–H and O–H groups in total. The van der Waals surface area contributed by atoms with Gasteiger partial charge in [0.1, 0.15) is 0 Å². The summed E-state index contributed by atoms with van der Waals surface area (Å²) in [4.78, 5) is 24.2. The van der Waals surface area contributed by atoms with Gasteiger partial charge >= 0.3 is 11.9 Å². The number of carbonyl (C=O) groups is 2. The average Bonchev–Trinajstić information content (AvgIpc) is 2.44. The van der Waals surface area contributed by atoms with Gasteiger partial charge in [0, 0.05) is 12.1 Å². The minimum absolute atomic E-state index is 0.198. The Morgan fingerprint density at radius 2 is 1.86 bits per heavy atom. The van der Waals surface area contributed by atoms with E-state index in [-0.39, 0.29) is 18.2 Å². The Hall–Kier alpha value is -1.49. The molecule has 1 atom stereocenters. The van der Waals surface area contributed by atoms with Crippen molar-refractivity contribution < 1.29 is 19.1 Å². The maximum Gasteiger partial charge on any atom is 0.339 e. The highest BCUT2D eigenvalue weighted by atomic mass is 35.5. The van der Waals surface area contributed by atoms with Gasteiger partial charge < -0.3 is 14.8 Å². The van der Waals surface area contributed by atoms with Gasteiger partial charge in [0.15, 0.2) is 5.54 Å². The number of ether oxygens (including phenoxy) is 2. The lowest BCUT2D eigenvalue weighted by atomic mass is 9.90. The molecule has 124 valence electrons. The maximum atomic E-state index is 12.4. The summed E-state index contributed by atoms with van der Waals surface area (Å²) >= 11 is 5.74. The summed E-state index contributed by atoms with van der Waals surface area (Å²) < 4.78 is 10.4. The van der Waals surface area contributed by atoms with Gasteiger partial charge in [-0.2, -0.15) is 0 Å². The molecule has 1 aliphatic rings. The van der Waals surface area contributed by atoms with Crippen molar-refractivity contribution in [2.24, 2.45) is 0 Å². The van der Waals surface area contributed by atoms with E-state index in [0.717, 1.165) is 0 Å². The fourth-order valence-electron chi connectivity index (χ4n) is 1.99. The molecule has 0 fully saturated rings. The zero-order valence-corrected chi connectivity index (χ0v) is 14.3. The molecule has 0 saturated carbocycles. The summed E-state index contributed by atoms with van der Waals surface area (Å²) in [6, 6.07) is 0. The van der Waals surface area contributed by atoms with Gasteiger partial charge in [0.05, 0.1) is 17.8 Å². The van der Waals surface area contributed by atoms with Gasteiger partial charge in [-0.3, -0.25) is 0 Å². The Kier molecular flexibility index (Phi) is 6.94. The number of esters is 2. The smallest absolute Gasteiger partial charge is 0.339 e. The van der Waals surface area contributed by atoms with Crippen LogP contribution in [0.15, 0.2) is 23.9 Å². The molecule has 0 aromatic carbocycles. The van der Waals surface area contributed by atoms with Crippen LogP contribution < -0.4 is 5.32 Å². The number of nitrogens with one attached hydrogen (secondary N) is 1. The molecule has 0 bridgehead atoms. The lowest BCUT2D eigenvalue weighted by Crippen LogP contribution is -2.51. The number of carbonyl (C=O) groups excluding carboxylic acids is 2. The van der Waals surface area contributed by atoms with E-state index in [9.17, 15) is 9.59 Å². The molecule has 5 nitrogen and oxygen atoms in total. The van der Waals surface area contributed by atoms with E-state index in [0.29, 0.717) is 24.3 Å². The summed E-state index contributed by atoms with van der Waals surface area (Å²) in [5.41, 5.74) is -0.617. The minimum atomic E-state index is -0.985. The molecule has 6 heteroatoms. The predicted molar refractivity (Wildman–Crippen MR) is 85.5 cm³/mol. The third-order valence-electron chi connectivity index (χ3n) is 3.02. The monoisotopic (exact) mass is 329 g/mol. The van der Waals surface area contributed by atoms with Gasteiger partial charge in [-0.25, -0.2) is 9.59 Å². The zero-order chi connectivity index (χ0) is 16.8. The first-order chi connectivity index (χ1) is 10.3. The number of halogens is 1. The van der Waals surface area contributed by atoms with Crippen molar-refractivity contribution in [2.75, 3.05) is 5.88 Å². The molecular weight excluding hydrogens is 306 g/mol. The van der Waals surface area contributed by atoms with Crippen LogP contribution in [0, 0.1) is 0 Å². The van der Waals surface area contributed by atoms with Crippen molar-refractivity contribution in [3.05, 3.63) is 23.9 Å². The van der Waals surface area contributed by atoms with Crippen molar-refractivity contribution in [2.45, 2.75) is 58.3 Å². The van der Waals surface area contributed by atoms with E-state index in [4.69, 9.17) is 21.1 Å². The highest BCUT2D eigenvalue weighted by molar-refractivity contribution is 6.17. The molecule has 0 amide bonds. The van der Waals surface area contributed by atoms with E-state index in [1.165, 1.54) is 6.20 Å². The van der Waals surface area contributed by atoms with E-state index in [1.54, 1.807) is 39.8 Å². The van der Waals surface area contributed by atoms with Crippen LogP contribution in [0.4, 0.5) is 0 Å². The Balaban J connectivity index is 2.86. The number of hydrogen-bond acceptors (Lipinski definition) is 5. The maximum absolute atomic E-state index is 12.4.